The van der Waals surface area contributed by atoms with Crippen molar-refractivity contribution in [2.75, 3.05) is 27.1 Å². The normalized spacial score (nSPS) is 22.5. The Hall–Kier alpha value is -1.43. The molecule has 0 bridgehead atoms. The van der Waals surface area contributed by atoms with Crippen molar-refractivity contribution in [3.8, 4) is 0 Å². The molecule has 1 aromatic carbocycles. The number of carbonyl (C=O) groups is 1. The maximum Gasteiger partial charge on any atom is 0.223 e. The van der Waals surface area contributed by atoms with E-state index in [1.54, 1.807) is 7.11 Å². The number of ether oxygens (including phenoxy) is 3. The maximum atomic E-state index is 11.5. The van der Waals surface area contributed by atoms with E-state index in [9.17, 15) is 4.79 Å². The summed E-state index contributed by atoms with van der Waals surface area (Å²) < 4.78 is 15.8. The Labute approximate surface area is 112 Å². The van der Waals surface area contributed by atoms with Gasteiger partial charge in [-0.3, -0.25) is 4.79 Å². The minimum absolute atomic E-state index is 0.00995. The van der Waals surface area contributed by atoms with E-state index in [4.69, 9.17) is 14.2 Å². The van der Waals surface area contributed by atoms with Crippen LogP contribution in [0, 0.1) is 0 Å². The molecule has 1 heterocycles. The lowest BCUT2D eigenvalue weighted by Crippen LogP contribution is -2.25. The predicted molar refractivity (Wildman–Crippen MR) is 69.5 cm³/mol. The summed E-state index contributed by atoms with van der Waals surface area (Å²) in [5.74, 6) is 0.00995. The molecule has 0 spiro atoms. The molecule has 0 unspecified atom stereocenters. The number of benzene rings is 1. The molecule has 1 aliphatic rings. The number of carbonyl (C=O) groups excluding carboxylic acids is 1. The molecule has 0 aliphatic carbocycles. The fourth-order valence-electron chi connectivity index (χ4n) is 2.08. The van der Waals surface area contributed by atoms with Gasteiger partial charge in [0.15, 0.2) is 0 Å². The van der Waals surface area contributed by atoms with Gasteiger partial charge in [-0.2, -0.15) is 0 Å². The molecule has 2 atom stereocenters. The average Bonchev–Trinajstić information content (AvgIpc) is 2.81. The van der Waals surface area contributed by atoms with Crippen LogP contribution in [0.25, 0.3) is 0 Å². The summed E-state index contributed by atoms with van der Waals surface area (Å²) in [5, 5.41) is 2.93. The summed E-state index contributed by atoms with van der Waals surface area (Å²) >= 11 is 0. The molecule has 5 nitrogen and oxygen atoms in total. The Morgan fingerprint density at radius 1 is 1.26 bits per heavy atom. The Kier molecular flexibility index (Phi) is 5.32. The van der Waals surface area contributed by atoms with E-state index < -0.39 is 0 Å². The summed E-state index contributed by atoms with van der Waals surface area (Å²) in [6.07, 6.45) is 0.185. The van der Waals surface area contributed by atoms with Crippen LogP contribution in [0.5, 0.6) is 0 Å². The van der Waals surface area contributed by atoms with E-state index in [-0.39, 0.29) is 24.8 Å². The molecule has 1 saturated heterocycles. The first-order valence-corrected chi connectivity index (χ1v) is 6.34. The van der Waals surface area contributed by atoms with Crippen molar-refractivity contribution in [3.05, 3.63) is 35.9 Å². The summed E-state index contributed by atoms with van der Waals surface area (Å²) in [6, 6.07) is 9.72. The van der Waals surface area contributed by atoms with Crippen molar-refractivity contribution in [2.24, 2.45) is 0 Å². The molecule has 0 radical (unpaired) electrons. The summed E-state index contributed by atoms with van der Waals surface area (Å²) in [5.41, 5.74) is 1.05. The molecule has 5 heteroatoms. The third-order valence-corrected chi connectivity index (χ3v) is 3.03. The van der Waals surface area contributed by atoms with Gasteiger partial charge in [-0.25, -0.2) is 0 Å². The molecular formula is C14H19NO4. The molecule has 1 N–H and O–H groups in total. The lowest BCUT2D eigenvalue weighted by Gasteiger charge is -2.19. The Morgan fingerprint density at radius 2 is 2.05 bits per heavy atom. The summed E-state index contributed by atoms with van der Waals surface area (Å²) in [4.78, 5) is 11.5. The third-order valence-electron chi connectivity index (χ3n) is 3.03. The fraction of sp³-hybridized carbons (Fsp3) is 0.500. The van der Waals surface area contributed by atoms with Crippen LogP contribution in [0.4, 0.5) is 0 Å². The molecule has 1 aromatic rings. The summed E-state index contributed by atoms with van der Waals surface area (Å²) in [7, 11) is 1.62. The van der Waals surface area contributed by atoms with Crippen molar-refractivity contribution in [1.82, 2.24) is 5.32 Å². The zero-order valence-electron chi connectivity index (χ0n) is 11.0. The monoisotopic (exact) mass is 265 g/mol. The molecule has 1 aliphatic heterocycles. The van der Waals surface area contributed by atoms with Crippen molar-refractivity contribution in [3.63, 3.8) is 0 Å². The van der Waals surface area contributed by atoms with Crippen LogP contribution in [0.2, 0.25) is 0 Å². The van der Waals surface area contributed by atoms with Gasteiger partial charge in [-0.05, 0) is 5.56 Å². The zero-order chi connectivity index (χ0) is 13.5. The van der Waals surface area contributed by atoms with Gasteiger partial charge in [-0.1, -0.05) is 30.3 Å². The molecular weight excluding hydrogens is 246 g/mol. The van der Waals surface area contributed by atoms with Gasteiger partial charge in [0.05, 0.1) is 31.8 Å². The smallest absolute Gasteiger partial charge is 0.223 e. The second-order valence-electron chi connectivity index (χ2n) is 4.38. The Balaban J connectivity index is 1.86. The first-order chi connectivity index (χ1) is 9.31. The molecule has 1 amide bonds. The van der Waals surface area contributed by atoms with Gasteiger partial charge >= 0.3 is 0 Å². The Bertz CT molecular complexity index is 396. The fourth-order valence-corrected chi connectivity index (χ4v) is 2.08. The predicted octanol–water partition coefficient (Wildman–Crippen LogP) is 1.25. The van der Waals surface area contributed by atoms with Crippen molar-refractivity contribution in [1.29, 1.82) is 0 Å². The zero-order valence-corrected chi connectivity index (χ0v) is 11.0. The van der Waals surface area contributed by atoms with Crippen LogP contribution in [-0.2, 0) is 19.0 Å². The first kappa shape index (κ1) is 14.0. The van der Waals surface area contributed by atoms with Crippen molar-refractivity contribution in [2.45, 2.75) is 18.6 Å². The van der Waals surface area contributed by atoms with E-state index in [0.717, 1.165) is 5.56 Å². The van der Waals surface area contributed by atoms with Gasteiger partial charge in [0.2, 0.25) is 5.91 Å². The molecule has 0 aromatic heterocycles. The third kappa shape index (κ3) is 4.02. The minimum atomic E-state index is -0.183. The summed E-state index contributed by atoms with van der Waals surface area (Å²) in [6.45, 7) is 1.19. The van der Waals surface area contributed by atoms with Gasteiger partial charge < -0.3 is 19.5 Å². The molecule has 1 fully saturated rings. The lowest BCUT2D eigenvalue weighted by molar-refractivity contribution is -0.121. The quantitative estimate of drug-likeness (QED) is 0.595. The van der Waals surface area contributed by atoms with Gasteiger partial charge in [0.1, 0.15) is 6.79 Å². The first-order valence-electron chi connectivity index (χ1n) is 6.34. The van der Waals surface area contributed by atoms with Gasteiger partial charge in [-0.15, -0.1) is 0 Å². The van der Waals surface area contributed by atoms with Crippen LogP contribution >= 0.6 is 0 Å². The maximum absolute atomic E-state index is 11.5. The average molecular weight is 265 g/mol. The number of hydrogen-bond donors (Lipinski definition) is 1. The van der Waals surface area contributed by atoms with Crippen LogP contribution in [0.3, 0.4) is 0 Å². The molecule has 0 saturated carbocycles. The van der Waals surface area contributed by atoms with E-state index in [1.807, 2.05) is 30.3 Å². The van der Waals surface area contributed by atoms with E-state index in [0.29, 0.717) is 19.6 Å². The number of nitrogens with one attached hydrogen (secondary N) is 1. The number of methoxy groups -OCH3 is 1. The largest absolute Gasteiger partial charge is 0.382 e. The second kappa shape index (κ2) is 7.23. The van der Waals surface area contributed by atoms with Crippen LogP contribution in [0.1, 0.15) is 18.0 Å². The molecule has 104 valence electrons. The van der Waals surface area contributed by atoms with E-state index >= 15 is 0 Å². The Morgan fingerprint density at radius 3 is 2.79 bits per heavy atom. The van der Waals surface area contributed by atoms with Gasteiger partial charge in [0, 0.05) is 7.11 Å². The van der Waals surface area contributed by atoms with Crippen molar-refractivity contribution >= 4 is 5.91 Å². The number of amides is 1. The van der Waals surface area contributed by atoms with Crippen LogP contribution in [0.15, 0.2) is 30.3 Å². The highest BCUT2D eigenvalue weighted by Gasteiger charge is 2.34. The van der Waals surface area contributed by atoms with Crippen LogP contribution < -0.4 is 5.32 Å². The second-order valence-corrected chi connectivity index (χ2v) is 4.38. The lowest BCUT2D eigenvalue weighted by atomic mass is 10.0. The van der Waals surface area contributed by atoms with Crippen LogP contribution in [-0.4, -0.2) is 39.1 Å². The number of rotatable bonds is 7. The van der Waals surface area contributed by atoms with E-state index in [2.05, 4.69) is 5.32 Å². The highest BCUT2D eigenvalue weighted by Crippen LogP contribution is 2.26. The molecule has 19 heavy (non-hydrogen) atoms. The van der Waals surface area contributed by atoms with Crippen molar-refractivity contribution < 1.29 is 19.0 Å². The van der Waals surface area contributed by atoms with Gasteiger partial charge in [0.25, 0.3) is 0 Å². The molecule has 2 rings (SSSR count). The topological polar surface area (TPSA) is 56.8 Å². The van der Waals surface area contributed by atoms with E-state index in [1.165, 1.54) is 0 Å². The SMILES string of the molecule is COCCOCO[C@@H]1CC(=O)N[C@@H]1c1ccccc1. The number of hydrogen-bond acceptors (Lipinski definition) is 4. The highest BCUT2D eigenvalue weighted by atomic mass is 16.7. The standard InChI is InChI=1S/C14H19NO4/c1-17-7-8-18-10-19-12-9-13(16)15-14(12)11-5-3-2-4-6-11/h2-6,12,14H,7-10H2,1H3,(H,15,16)/t12-,14-/m1/s1. The highest BCUT2D eigenvalue weighted by molar-refractivity contribution is 5.79. The minimum Gasteiger partial charge on any atom is -0.382 e.